The van der Waals surface area contributed by atoms with Crippen molar-refractivity contribution in [3.05, 3.63) is 34.4 Å². The Morgan fingerprint density at radius 3 is 2.39 bits per heavy atom. The van der Waals surface area contributed by atoms with Gasteiger partial charge in [-0.05, 0) is 108 Å². The molecule has 0 radical (unpaired) electrons. The van der Waals surface area contributed by atoms with Gasteiger partial charge in [0.2, 0.25) is 0 Å². The number of aliphatic hydroxyl groups excluding tert-OH is 1. The molecule has 1 N–H and O–H groups in total. The minimum Gasteiger partial charge on any atom is -0.465 e. The van der Waals surface area contributed by atoms with Crippen LogP contribution < -0.4 is 0 Å². The lowest BCUT2D eigenvalue weighted by Gasteiger charge is -2.36. The van der Waals surface area contributed by atoms with Gasteiger partial charge in [-0.25, -0.2) is 9.59 Å². The second kappa shape index (κ2) is 13.7. The zero-order valence-electron chi connectivity index (χ0n) is 23.3. The molecule has 6 nitrogen and oxygen atoms in total. The third-order valence-corrected chi connectivity index (χ3v) is 7.21. The lowest BCUT2D eigenvalue weighted by atomic mass is 9.78. The number of nitrogens with zero attached hydrogens (tertiary/aromatic N) is 1. The van der Waals surface area contributed by atoms with Crippen molar-refractivity contribution in [3.63, 3.8) is 0 Å². The van der Waals surface area contributed by atoms with Crippen LogP contribution in [0, 0.1) is 24.7 Å². The first-order valence-electron chi connectivity index (χ1n) is 13.3. The van der Waals surface area contributed by atoms with E-state index in [1.807, 2.05) is 34.7 Å². The summed E-state index contributed by atoms with van der Waals surface area (Å²) in [7, 11) is 3.25. The van der Waals surface area contributed by atoms with Gasteiger partial charge in [0, 0.05) is 18.7 Å². The molecule has 0 saturated heterocycles. The summed E-state index contributed by atoms with van der Waals surface area (Å²) in [6, 6.07) is 4.07. The smallest absolute Gasteiger partial charge is 0.410 e. The second-order valence-corrected chi connectivity index (χ2v) is 11.0. The highest BCUT2D eigenvalue weighted by atomic mass is 16.6. The molecule has 6 heteroatoms. The van der Waals surface area contributed by atoms with Crippen LogP contribution in [0.4, 0.5) is 4.79 Å². The normalized spacial score (nSPS) is 18.6. The molecule has 0 aromatic heterocycles. The van der Waals surface area contributed by atoms with E-state index < -0.39 is 5.60 Å². The molecular formula is C30H45NO5. The van der Waals surface area contributed by atoms with Gasteiger partial charge in [0.15, 0.2) is 0 Å². The zero-order chi connectivity index (χ0) is 26.9. The molecule has 1 aromatic carbocycles. The number of ether oxygens (including phenoxy) is 2. The standard InChI is InChI=1S/C30H45NO5/c1-8-10-24(26-19-23(11-9-18-32)20-27(21(26)2)28(33)35-7)15-12-22-13-16-25(17-14-22)31(6)29(34)36-30(3,4)5/h19-20,22,24-25,32H,8,10,12-18H2,1-7H3. The SMILES string of the molecule is CCCC(CCC1CCC(N(C)C(=O)OC(C)(C)C)CC1)c1cc(C#CCO)cc(C(=O)OC)c1C. The highest BCUT2D eigenvalue weighted by Gasteiger charge is 2.30. The Morgan fingerprint density at radius 1 is 1.17 bits per heavy atom. The van der Waals surface area contributed by atoms with E-state index in [9.17, 15) is 9.59 Å². The van der Waals surface area contributed by atoms with Crippen molar-refractivity contribution in [2.24, 2.45) is 5.92 Å². The van der Waals surface area contributed by atoms with E-state index in [0.717, 1.165) is 68.1 Å². The Bertz CT molecular complexity index is 945. The lowest BCUT2D eigenvalue weighted by molar-refractivity contribution is 0.0170. The first-order chi connectivity index (χ1) is 17.0. The van der Waals surface area contributed by atoms with E-state index in [0.29, 0.717) is 17.4 Å². The van der Waals surface area contributed by atoms with E-state index in [2.05, 4.69) is 24.8 Å². The molecule has 1 aliphatic rings. The summed E-state index contributed by atoms with van der Waals surface area (Å²) in [4.78, 5) is 26.7. The van der Waals surface area contributed by atoms with Gasteiger partial charge in [0.1, 0.15) is 12.2 Å². The van der Waals surface area contributed by atoms with E-state index >= 15 is 0 Å². The molecule has 0 aliphatic heterocycles. The molecule has 1 amide bonds. The van der Waals surface area contributed by atoms with Crippen LogP contribution >= 0.6 is 0 Å². The van der Waals surface area contributed by atoms with Gasteiger partial charge < -0.3 is 19.5 Å². The number of carbonyl (C=O) groups excluding carboxylic acids is 2. The third-order valence-electron chi connectivity index (χ3n) is 7.21. The predicted molar refractivity (Wildman–Crippen MR) is 143 cm³/mol. The summed E-state index contributed by atoms with van der Waals surface area (Å²) in [5.74, 6) is 6.27. The molecule has 1 aliphatic carbocycles. The van der Waals surface area contributed by atoms with Crippen molar-refractivity contribution < 1.29 is 24.2 Å². The lowest BCUT2D eigenvalue weighted by Crippen LogP contribution is -2.42. The molecule has 1 fully saturated rings. The fourth-order valence-corrected chi connectivity index (χ4v) is 5.24. The third kappa shape index (κ3) is 8.55. The summed E-state index contributed by atoms with van der Waals surface area (Å²) in [6.45, 7) is 9.65. The molecule has 0 bridgehead atoms. The quantitative estimate of drug-likeness (QED) is 0.340. The Kier molecular flexibility index (Phi) is 11.3. The molecule has 1 aromatic rings. The van der Waals surface area contributed by atoms with Crippen molar-refractivity contribution in [2.75, 3.05) is 20.8 Å². The maximum atomic E-state index is 12.5. The Balaban J connectivity index is 2.09. The molecular weight excluding hydrogens is 454 g/mol. The largest absolute Gasteiger partial charge is 0.465 e. The van der Waals surface area contributed by atoms with E-state index in [1.54, 1.807) is 11.0 Å². The molecule has 1 saturated carbocycles. The monoisotopic (exact) mass is 499 g/mol. The van der Waals surface area contributed by atoms with Crippen LogP contribution in [-0.2, 0) is 9.47 Å². The van der Waals surface area contributed by atoms with E-state index in [1.165, 1.54) is 7.11 Å². The van der Waals surface area contributed by atoms with Crippen molar-refractivity contribution in [1.82, 2.24) is 4.90 Å². The zero-order valence-corrected chi connectivity index (χ0v) is 23.3. The highest BCUT2D eigenvalue weighted by molar-refractivity contribution is 5.92. The molecule has 2 rings (SSSR count). The summed E-state index contributed by atoms with van der Waals surface area (Å²) in [5, 5.41) is 9.14. The van der Waals surface area contributed by atoms with Crippen LogP contribution in [0.25, 0.3) is 0 Å². The number of methoxy groups -OCH3 is 1. The molecule has 1 atom stereocenters. The van der Waals surface area contributed by atoms with Gasteiger partial charge in [0.25, 0.3) is 0 Å². The van der Waals surface area contributed by atoms with Gasteiger partial charge in [-0.3, -0.25) is 0 Å². The Morgan fingerprint density at radius 2 is 1.83 bits per heavy atom. The maximum absolute atomic E-state index is 12.5. The minimum atomic E-state index is -0.482. The van der Waals surface area contributed by atoms with E-state index in [4.69, 9.17) is 14.6 Å². The number of hydrogen-bond acceptors (Lipinski definition) is 5. The van der Waals surface area contributed by atoms with Crippen LogP contribution in [0.1, 0.15) is 112 Å². The number of benzene rings is 1. The average Bonchev–Trinajstić information content (AvgIpc) is 2.84. The van der Waals surface area contributed by atoms with Crippen LogP contribution in [0.15, 0.2) is 12.1 Å². The van der Waals surface area contributed by atoms with Crippen LogP contribution in [0.2, 0.25) is 0 Å². The number of amides is 1. The minimum absolute atomic E-state index is 0.221. The predicted octanol–water partition coefficient (Wildman–Crippen LogP) is 6.22. The molecule has 200 valence electrons. The van der Waals surface area contributed by atoms with E-state index in [-0.39, 0.29) is 24.7 Å². The van der Waals surface area contributed by atoms with Crippen molar-refractivity contribution in [3.8, 4) is 11.8 Å². The topological polar surface area (TPSA) is 76.1 Å². The summed E-state index contributed by atoms with van der Waals surface area (Å²) < 4.78 is 10.6. The Labute approximate surface area is 217 Å². The summed E-state index contributed by atoms with van der Waals surface area (Å²) in [6.07, 6.45) is 8.21. The fraction of sp³-hybridized carbons (Fsp3) is 0.667. The summed E-state index contributed by atoms with van der Waals surface area (Å²) >= 11 is 0. The van der Waals surface area contributed by atoms with Crippen molar-refractivity contribution >= 4 is 12.1 Å². The Hall–Kier alpha value is -2.52. The van der Waals surface area contributed by atoms with Crippen LogP contribution in [0.3, 0.4) is 0 Å². The molecule has 0 spiro atoms. The number of esters is 1. The first kappa shape index (κ1) is 29.7. The fourth-order valence-electron chi connectivity index (χ4n) is 5.24. The average molecular weight is 500 g/mol. The maximum Gasteiger partial charge on any atom is 0.410 e. The number of carbonyl (C=O) groups is 2. The molecule has 1 unspecified atom stereocenters. The number of aliphatic hydroxyl groups is 1. The molecule has 0 heterocycles. The van der Waals surface area contributed by atoms with Gasteiger partial charge in [-0.2, -0.15) is 0 Å². The van der Waals surface area contributed by atoms with Gasteiger partial charge >= 0.3 is 12.1 Å². The van der Waals surface area contributed by atoms with Gasteiger partial charge in [0.05, 0.1) is 12.7 Å². The summed E-state index contributed by atoms with van der Waals surface area (Å²) in [5.41, 5.74) is 2.91. The number of hydrogen-bond donors (Lipinski definition) is 1. The molecule has 36 heavy (non-hydrogen) atoms. The van der Waals surface area contributed by atoms with Gasteiger partial charge in [-0.1, -0.05) is 25.2 Å². The number of rotatable bonds is 8. The van der Waals surface area contributed by atoms with Crippen LogP contribution in [-0.4, -0.2) is 54.5 Å². The first-order valence-corrected chi connectivity index (χ1v) is 13.3. The van der Waals surface area contributed by atoms with Gasteiger partial charge in [-0.15, -0.1) is 0 Å². The second-order valence-electron chi connectivity index (χ2n) is 11.0. The van der Waals surface area contributed by atoms with Crippen molar-refractivity contribution in [1.29, 1.82) is 0 Å². The van der Waals surface area contributed by atoms with Crippen LogP contribution in [0.5, 0.6) is 0 Å². The highest BCUT2D eigenvalue weighted by Crippen LogP contribution is 2.37. The van der Waals surface area contributed by atoms with Crippen molar-refractivity contribution in [2.45, 2.75) is 104 Å².